The van der Waals surface area contributed by atoms with Crippen molar-refractivity contribution in [2.24, 2.45) is 0 Å². The summed E-state index contributed by atoms with van der Waals surface area (Å²) in [6.07, 6.45) is 3.73. The first-order valence-corrected chi connectivity index (χ1v) is 5.27. The van der Waals surface area contributed by atoms with Crippen LogP contribution in [0.1, 0.15) is 12.8 Å². The molecule has 0 bridgehead atoms. The highest BCUT2D eigenvalue weighted by Crippen LogP contribution is 2.11. The SMILES string of the molecule is Nc1ccnc(N2CCCOCCC2)n1. The first-order chi connectivity index (χ1) is 7.36. The van der Waals surface area contributed by atoms with Crippen molar-refractivity contribution >= 4 is 11.8 Å². The van der Waals surface area contributed by atoms with Crippen molar-refractivity contribution in [2.75, 3.05) is 36.9 Å². The summed E-state index contributed by atoms with van der Waals surface area (Å²) in [6.45, 7) is 3.50. The van der Waals surface area contributed by atoms with E-state index in [2.05, 4.69) is 14.9 Å². The van der Waals surface area contributed by atoms with Gasteiger partial charge in [-0.3, -0.25) is 0 Å². The van der Waals surface area contributed by atoms with Crippen molar-refractivity contribution in [3.05, 3.63) is 12.3 Å². The molecule has 0 aromatic carbocycles. The second-order valence-electron chi connectivity index (χ2n) is 3.59. The first kappa shape index (κ1) is 10.2. The predicted octanol–water partition coefficient (Wildman–Crippen LogP) is 0.676. The molecule has 1 fully saturated rings. The van der Waals surface area contributed by atoms with E-state index in [1.54, 1.807) is 12.3 Å². The molecule has 0 unspecified atom stereocenters. The zero-order valence-corrected chi connectivity index (χ0v) is 8.72. The third kappa shape index (κ3) is 2.79. The van der Waals surface area contributed by atoms with Crippen LogP contribution in [0.4, 0.5) is 11.8 Å². The Morgan fingerprint density at radius 3 is 2.67 bits per heavy atom. The fourth-order valence-corrected chi connectivity index (χ4v) is 1.64. The zero-order chi connectivity index (χ0) is 10.5. The van der Waals surface area contributed by atoms with Crippen LogP contribution in [0.25, 0.3) is 0 Å². The summed E-state index contributed by atoms with van der Waals surface area (Å²) in [5, 5.41) is 0. The van der Waals surface area contributed by atoms with Crippen LogP contribution in [0.5, 0.6) is 0 Å². The van der Waals surface area contributed by atoms with Gasteiger partial charge in [-0.2, -0.15) is 4.98 Å². The number of ether oxygens (including phenoxy) is 1. The lowest BCUT2D eigenvalue weighted by Gasteiger charge is -2.24. The maximum absolute atomic E-state index is 5.63. The third-order valence-electron chi connectivity index (χ3n) is 2.38. The second kappa shape index (κ2) is 4.93. The third-order valence-corrected chi connectivity index (χ3v) is 2.38. The highest BCUT2D eigenvalue weighted by atomic mass is 16.5. The molecule has 15 heavy (non-hydrogen) atoms. The molecule has 82 valence electrons. The van der Waals surface area contributed by atoms with Gasteiger partial charge in [-0.1, -0.05) is 0 Å². The molecule has 5 nitrogen and oxygen atoms in total. The minimum absolute atomic E-state index is 0.526. The molecule has 0 saturated carbocycles. The maximum atomic E-state index is 5.63. The first-order valence-electron chi connectivity index (χ1n) is 5.27. The molecule has 1 aliphatic heterocycles. The molecule has 5 heteroatoms. The van der Waals surface area contributed by atoms with Gasteiger partial charge in [-0.15, -0.1) is 0 Å². The maximum Gasteiger partial charge on any atom is 0.227 e. The van der Waals surface area contributed by atoms with Crippen molar-refractivity contribution in [1.29, 1.82) is 0 Å². The van der Waals surface area contributed by atoms with E-state index in [-0.39, 0.29) is 0 Å². The Morgan fingerprint density at radius 1 is 1.27 bits per heavy atom. The molecule has 1 saturated heterocycles. The van der Waals surface area contributed by atoms with Gasteiger partial charge in [-0.05, 0) is 18.9 Å². The van der Waals surface area contributed by atoms with Gasteiger partial charge in [0.2, 0.25) is 5.95 Å². The van der Waals surface area contributed by atoms with Crippen LogP contribution >= 0.6 is 0 Å². The quantitative estimate of drug-likeness (QED) is 0.735. The van der Waals surface area contributed by atoms with E-state index in [1.165, 1.54) is 0 Å². The highest BCUT2D eigenvalue weighted by molar-refractivity contribution is 5.37. The van der Waals surface area contributed by atoms with E-state index in [1.807, 2.05) is 0 Å². The van der Waals surface area contributed by atoms with E-state index < -0.39 is 0 Å². The summed E-state index contributed by atoms with van der Waals surface area (Å²) in [4.78, 5) is 10.6. The van der Waals surface area contributed by atoms with Crippen LogP contribution in [0.2, 0.25) is 0 Å². The van der Waals surface area contributed by atoms with Crippen molar-refractivity contribution < 1.29 is 4.74 Å². The molecule has 2 N–H and O–H groups in total. The van der Waals surface area contributed by atoms with Gasteiger partial charge in [0.05, 0.1) is 0 Å². The Morgan fingerprint density at radius 2 is 2.00 bits per heavy atom. The Hall–Kier alpha value is -1.36. The molecular formula is C10H16N4O. The molecule has 0 aliphatic carbocycles. The van der Waals surface area contributed by atoms with Crippen LogP contribution in [0.3, 0.4) is 0 Å². The summed E-state index contributed by atoms with van der Waals surface area (Å²) in [6, 6.07) is 1.71. The van der Waals surface area contributed by atoms with Crippen molar-refractivity contribution in [3.8, 4) is 0 Å². The van der Waals surface area contributed by atoms with Crippen LogP contribution in [-0.2, 0) is 4.74 Å². The molecule has 0 radical (unpaired) electrons. The van der Waals surface area contributed by atoms with Gasteiger partial charge in [0.1, 0.15) is 5.82 Å². The number of nitrogens with zero attached hydrogens (tertiary/aromatic N) is 3. The number of nitrogen functional groups attached to an aromatic ring is 1. The normalized spacial score (nSPS) is 18.3. The number of anilines is 2. The Kier molecular flexibility index (Phi) is 3.34. The van der Waals surface area contributed by atoms with Crippen molar-refractivity contribution in [1.82, 2.24) is 9.97 Å². The van der Waals surface area contributed by atoms with Gasteiger partial charge in [-0.25, -0.2) is 4.98 Å². The smallest absolute Gasteiger partial charge is 0.227 e. The van der Waals surface area contributed by atoms with Gasteiger partial charge < -0.3 is 15.4 Å². The number of hydrogen-bond acceptors (Lipinski definition) is 5. The molecule has 0 spiro atoms. The molecule has 1 aromatic rings. The van der Waals surface area contributed by atoms with Crippen LogP contribution in [-0.4, -0.2) is 36.3 Å². The zero-order valence-electron chi connectivity index (χ0n) is 8.72. The molecule has 1 aromatic heterocycles. The summed E-state index contributed by atoms with van der Waals surface area (Å²) < 4.78 is 5.39. The molecule has 0 atom stereocenters. The van der Waals surface area contributed by atoms with E-state index in [4.69, 9.17) is 10.5 Å². The topological polar surface area (TPSA) is 64.3 Å². The average Bonchev–Trinajstić information content (AvgIpc) is 2.16. The molecule has 2 rings (SSSR count). The predicted molar refractivity (Wildman–Crippen MR) is 58.7 cm³/mol. The Balaban J connectivity index is 2.06. The number of aromatic nitrogens is 2. The molecular weight excluding hydrogens is 192 g/mol. The molecule has 1 aliphatic rings. The van der Waals surface area contributed by atoms with E-state index in [9.17, 15) is 0 Å². The lowest BCUT2D eigenvalue weighted by atomic mass is 10.3. The Bertz CT molecular complexity index is 310. The minimum atomic E-state index is 0.526. The van der Waals surface area contributed by atoms with Gasteiger partial charge >= 0.3 is 0 Å². The molecule has 0 amide bonds. The summed E-state index contributed by atoms with van der Waals surface area (Å²) >= 11 is 0. The molecule has 2 heterocycles. The van der Waals surface area contributed by atoms with Crippen LogP contribution < -0.4 is 10.6 Å². The van der Waals surface area contributed by atoms with Gasteiger partial charge in [0, 0.05) is 32.5 Å². The second-order valence-corrected chi connectivity index (χ2v) is 3.59. The average molecular weight is 208 g/mol. The van der Waals surface area contributed by atoms with Gasteiger partial charge in [0.15, 0.2) is 0 Å². The van der Waals surface area contributed by atoms with E-state index >= 15 is 0 Å². The fraction of sp³-hybridized carbons (Fsp3) is 0.600. The summed E-state index contributed by atoms with van der Waals surface area (Å²) in [5.74, 6) is 1.26. The van der Waals surface area contributed by atoms with Gasteiger partial charge in [0.25, 0.3) is 0 Å². The number of hydrogen-bond donors (Lipinski definition) is 1. The van der Waals surface area contributed by atoms with Crippen LogP contribution in [0.15, 0.2) is 12.3 Å². The standard InChI is InChI=1S/C10H16N4O/c11-9-3-4-12-10(13-9)14-5-1-7-15-8-2-6-14/h3-4H,1-2,5-8H2,(H2,11,12,13). The van der Waals surface area contributed by atoms with Crippen molar-refractivity contribution in [2.45, 2.75) is 12.8 Å². The van der Waals surface area contributed by atoms with E-state index in [0.29, 0.717) is 5.82 Å². The summed E-state index contributed by atoms with van der Waals surface area (Å²) in [7, 11) is 0. The van der Waals surface area contributed by atoms with E-state index in [0.717, 1.165) is 45.1 Å². The lowest BCUT2D eigenvalue weighted by Crippen LogP contribution is -2.31. The van der Waals surface area contributed by atoms with Crippen LogP contribution in [0, 0.1) is 0 Å². The summed E-state index contributed by atoms with van der Waals surface area (Å²) in [5.41, 5.74) is 5.63. The monoisotopic (exact) mass is 208 g/mol. The Labute approximate surface area is 89.3 Å². The number of nitrogens with two attached hydrogens (primary N) is 1. The van der Waals surface area contributed by atoms with Crippen molar-refractivity contribution in [3.63, 3.8) is 0 Å². The number of rotatable bonds is 1. The highest BCUT2D eigenvalue weighted by Gasteiger charge is 2.11. The fourth-order valence-electron chi connectivity index (χ4n) is 1.64. The minimum Gasteiger partial charge on any atom is -0.384 e. The largest absolute Gasteiger partial charge is 0.384 e. The lowest BCUT2D eigenvalue weighted by molar-refractivity contribution is 0.124.